The summed E-state index contributed by atoms with van der Waals surface area (Å²) in [7, 11) is 0. The Morgan fingerprint density at radius 2 is 1.70 bits per heavy atom. The maximum atomic E-state index is 12.3. The van der Waals surface area contributed by atoms with Crippen LogP contribution in [0.2, 0.25) is 0 Å². The van der Waals surface area contributed by atoms with Gasteiger partial charge in [-0.2, -0.15) is 11.8 Å². The third-order valence-corrected chi connectivity index (χ3v) is 6.91. The second kappa shape index (κ2) is 10.3. The number of hydrogen-bond donors (Lipinski definition) is 3. The molecule has 2 atom stereocenters. The zero-order chi connectivity index (χ0) is 23.4. The standard InChI is InChI=1S/C24H26N2O6S/c27-15-11-21(23(29)30)26(12-15)22(28)14-33-10-9-25-24(31)32-13-20-18-7-3-1-5-16(18)17-6-2-4-8-19(17)20/h1-8,15,20-21,27H,9-14H2,(H,25,31)(H,29,30)/t15?,21-/m0/s1. The molecule has 1 heterocycles. The van der Waals surface area contributed by atoms with Gasteiger partial charge < -0.3 is 25.2 Å². The van der Waals surface area contributed by atoms with Gasteiger partial charge in [-0.3, -0.25) is 4.79 Å². The van der Waals surface area contributed by atoms with E-state index in [1.165, 1.54) is 27.8 Å². The number of carboxylic acids is 1. The van der Waals surface area contributed by atoms with Crippen LogP contribution in [0.1, 0.15) is 23.5 Å². The minimum atomic E-state index is -1.11. The summed E-state index contributed by atoms with van der Waals surface area (Å²) in [4.78, 5) is 36.9. The summed E-state index contributed by atoms with van der Waals surface area (Å²) in [5.41, 5.74) is 4.62. The van der Waals surface area contributed by atoms with Gasteiger partial charge in [-0.05, 0) is 22.3 Å². The fourth-order valence-electron chi connectivity index (χ4n) is 4.44. The zero-order valence-electron chi connectivity index (χ0n) is 18.0. The molecule has 33 heavy (non-hydrogen) atoms. The Bertz CT molecular complexity index is 1000. The summed E-state index contributed by atoms with van der Waals surface area (Å²) in [6.07, 6.45) is -1.28. The molecular weight excluding hydrogens is 444 g/mol. The number of ether oxygens (including phenoxy) is 1. The second-order valence-electron chi connectivity index (χ2n) is 8.09. The highest BCUT2D eigenvalue weighted by molar-refractivity contribution is 7.99. The SMILES string of the molecule is O=C(NCCSCC(=O)N1CC(O)C[C@H]1C(=O)O)OCC1c2ccccc2-c2ccccc21. The molecule has 2 aliphatic rings. The van der Waals surface area contributed by atoms with Crippen molar-refractivity contribution in [2.45, 2.75) is 24.5 Å². The van der Waals surface area contributed by atoms with E-state index in [0.717, 1.165) is 11.1 Å². The van der Waals surface area contributed by atoms with Gasteiger partial charge in [0, 0.05) is 31.2 Å². The highest BCUT2D eigenvalue weighted by Gasteiger charge is 2.38. The summed E-state index contributed by atoms with van der Waals surface area (Å²) in [5.74, 6) is -0.882. The lowest BCUT2D eigenvalue weighted by atomic mass is 9.98. The van der Waals surface area contributed by atoms with Crippen molar-refractivity contribution in [2.24, 2.45) is 0 Å². The van der Waals surface area contributed by atoms with Crippen molar-refractivity contribution in [2.75, 3.05) is 31.2 Å². The van der Waals surface area contributed by atoms with Gasteiger partial charge in [0.25, 0.3) is 0 Å². The largest absolute Gasteiger partial charge is 0.480 e. The van der Waals surface area contributed by atoms with Crippen LogP contribution >= 0.6 is 11.8 Å². The molecule has 2 aromatic rings. The molecule has 1 unspecified atom stereocenters. The number of rotatable bonds is 8. The molecular formula is C24H26N2O6S. The van der Waals surface area contributed by atoms with Crippen molar-refractivity contribution in [1.82, 2.24) is 10.2 Å². The molecule has 0 bridgehead atoms. The zero-order valence-corrected chi connectivity index (χ0v) is 18.8. The molecule has 8 nitrogen and oxygen atoms in total. The van der Waals surface area contributed by atoms with Crippen LogP contribution in [0.4, 0.5) is 4.79 Å². The molecule has 9 heteroatoms. The van der Waals surface area contributed by atoms with Gasteiger partial charge in [0.05, 0.1) is 11.9 Å². The Labute approximate surface area is 195 Å². The lowest BCUT2D eigenvalue weighted by Crippen LogP contribution is -2.41. The fourth-order valence-corrected chi connectivity index (χ4v) is 5.17. The molecule has 1 aliphatic heterocycles. The molecule has 1 fully saturated rings. The summed E-state index contributed by atoms with van der Waals surface area (Å²) in [5, 5.41) is 21.5. The Morgan fingerprint density at radius 1 is 1.06 bits per heavy atom. The maximum absolute atomic E-state index is 12.3. The fraction of sp³-hybridized carbons (Fsp3) is 0.375. The number of thioether (sulfide) groups is 1. The number of alkyl carbamates (subject to hydrolysis) is 1. The Kier molecular flexibility index (Phi) is 7.20. The van der Waals surface area contributed by atoms with Crippen molar-refractivity contribution in [3.63, 3.8) is 0 Å². The van der Waals surface area contributed by atoms with E-state index in [1.54, 1.807) is 0 Å². The number of β-amino-alcohol motifs (C(OH)–C–C–N with tert-alkyl or cyclic N) is 1. The van der Waals surface area contributed by atoms with E-state index in [-0.39, 0.29) is 37.2 Å². The molecule has 0 spiro atoms. The third kappa shape index (κ3) is 5.15. The number of fused-ring (bicyclic) bond motifs is 3. The van der Waals surface area contributed by atoms with E-state index < -0.39 is 24.2 Å². The van der Waals surface area contributed by atoms with Crippen LogP contribution in [0.5, 0.6) is 0 Å². The first-order valence-corrected chi connectivity index (χ1v) is 12.0. The number of aliphatic hydroxyl groups excluding tert-OH is 1. The molecule has 1 aliphatic carbocycles. The van der Waals surface area contributed by atoms with E-state index in [0.29, 0.717) is 12.3 Å². The number of benzene rings is 2. The number of nitrogens with one attached hydrogen (secondary N) is 1. The Balaban J connectivity index is 1.19. The average molecular weight is 471 g/mol. The monoisotopic (exact) mass is 470 g/mol. The third-order valence-electron chi connectivity index (χ3n) is 5.97. The maximum Gasteiger partial charge on any atom is 0.407 e. The second-order valence-corrected chi connectivity index (χ2v) is 9.20. The van der Waals surface area contributed by atoms with Crippen LogP contribution in [-0.4, -0.2) is 76.4 Å². The minimum absolute atomic E-state index is 0.00635. The van der Waals surface area contributed by atoms with Gasteiger partial charge in [-0.15, -0.1) is 0 Å². The summed E-state index contributed by atoms with van der Waals surface area (Å²) >= 11 is 1.29. The first-order valence-electron chi connectivity index (χ1n) is 10.8. The first-order chi connectivity index (χ1) is 16.0. The van der Waals surface area contributed by atoms with Crippen molar-refractivity contribution in [1.29, 1.82) is 0 Å². The summed E-state index contributed by atoms with van der Waals surface area (Å²) in [6.45, 7) is 0.591. The number of amides is 2. The molecule has 4 rings (SSSR count). The summed E-state index contributed by atoms with van der Waals surface area (Å²) < 4.78 is 5.47. The molecule has 174 valence electrons. The number of likely N-dealkylation sites (tertiary alicyclic amines) is 1. The van der Waals surface area contributed by atoms with Gasteiger partial charge in [0.15, 0.2) is 0 Å². The van der Waals surface area contributed by atoms with Gasteiger partial charge in [-0.1, -0.05) is 48.5 Å². The predicted octanol–water partition coefficient (Wildman–Crippen LogP) is 2.30. The van der Waals surface area contributed by atoms with E-state index >= 15 is 0 Å². The molecule has 2 amide bonds. The van der Waals surface area contributed by atoms with Crippen LogP contribution in [0.3, 0.4) is 0 Å². The summed E-state index contributed by atoms with van der Waals surface area (Å²) in [6, 6.07) is 15.3. The van der Waals surface area contributed by atoms with Crippen molar-refractivity contribution in [3.8, 4) is 11.1 Å². The van der Waals surface area contributed by atoms with Gasteiger partial charge in [0.1, 0.15) is 12.6 Å². The highest BCUT2D eigenvalue weighted by Crippen LogP contribution is 2.44. The first kappa shape index (κ1) is 23.1. The van der Waals surface area contributed by atoms with Gasteiger partial charge >= 0.3 is 12.1 Å². The van der Waals surface area contributed by atoms with Crippen molar-refractivity contribution >= 4 is 29.7 Å². The number of aliphatic hydroxyl groups is 1. The van der Waals surface area contributed by atoms with Crippen LogP contribution in [0, 0.1) is 0 Å². The molecule has 0 radical (unpaired) electrons. The van der Waals surface area contributed by atoms with Gasteiger partial charge in [-0.25, -0.2) is 9.59 Å². The smallest absolute Gasteiger partial charge is 0.407 e. The Morgan fingerprint density at radius 3 is 2.33 bits per heavy atom. The minimum Gasteiger partial charge on any atom is -0.480 e. The van der Waals surface area contributed by atoms with Crippen molar-refractivity contribution < 1.29 is 29.3 Å². The van der Waals surface area contributed by atoms with E-state index in [2.05, 4.69) is 29.6 Å². The lowest BCUT2D eigenvalue weighted by Gasteiger charge is -2.20. The van der Waals surface area contributed by atoms with E-state index in [1.807, 2.05) is 24.3 Å². The van der Waals surface area contributed by atoms with Crippen molar-refractivity contribution in [3.05, 3.63) is 59.7 Å². The van der Waals surface area contributed by atoms with Crippen LogP contribution in [-0.2, 0) is 14.3 Å². The molecule has 3 N–H and O–H groups in total. The molecule has 1 saturated heterocycles. The predicted molar refractivity (Wildman–Crippen MR) is 124 cm³/mol. The molecule has 2 aromatic carbocycles. The number of hydrogen-bond acceptors (Lipinski definition) is 6. The van der Waals surface area contributed by atoms with E-state index in [9.17, 15) is 24.6 Å². The normalized spacial score (nSPS) is 19.1. The van der Waals surface area contributed by atoms with Gasteiger partial charge in [0.2, 0.25) is 5.91 Å². The molecule has 0 saturated carbocycles. The average Bonchev–Trinajstić information content (AvgIpc) is 3.36. The number of aliphatic carboxylic acids is 1. The highest BCUT2D eigenvalue weighted by atomic mass is 32.2. The quantitative estimate of drug-likeness (QED) is 0.507. The number of carbonyl (C=O) groups excluding carboxylic acids is 2. The van der Waals surface area contributed by atoms with Crippen LogP contribution < -0.4 is 5.32 Å². The number of carbonyl (C=O) groups is 3. The van der Waals surface area contributed by atoms with Crippen LogP contribution in [0.25, 0.3) is 11.1 Å². The number of nitrogens with zero attached hydrogens (tertiary/aromatic N) is 1. The topological polar surface area (TPSA) is 116 Å². The van der Waals surface area contributed by atoms with E-state index in [4.69, 9.17) is 4.74 Å². The van der Waals surface area contributed by atoms with Crippen LogP contribution in [0.15, 0.2) is 48.5 Å². The Hall–Kier alpha value is -3.04. The molecule has 0 aromatic heterocycles. The number of carboxylic acid groups (broad SMARTS) is 1. The lowest BCUT2D eigenvalue weighted by molar-refractivity contribution is -0.147.